The van der Waals surface area contributed by atoms with Crippen LogP contribution in [0.1, 0.15) is 27.3 Å². The fourth-order valence-corrected chi connectivity index (χ4v) is 4.37. The van der Waals surface area contributed by atoms with Crippen LogP contribution in [0, 0.1) is 6.92 Å². The summed E-state index contributed by atoms with van der Waals surface area (Å²) in [5.41, 5.74) is 11.0. The Hall–Kier alpha value is -4.51. The van der Waals surface area contributed by atoms with Gasteiger partial charge >= 0.3 is 0 Å². The average molecular weight is 485 g/mol. The molecule has 0 radical (unpaired) electrons. The molecular weight excluding hydrogens is 464 g/mol. The van der Waals surface area contributed by atoms with Gasteiger partial charge in [0.25, 0.3) is 5.91 Å². The minimum absolute atomic E-state index is 0.0393. The van der Waals surface area contributed by atoms with Gasteiger partial charge in [-0.15, -0.1) is 16.9 Å². The van der Waals surface area contributed by atoms with Crippen molar-refractivity contribution in [2.75, 3.05) is 5.73 Å². The van der Waals surface area contributed by atoms with Crippen LogP contribution in [0.25, 0.3) is 16.6 Å². The third-order valence-corrected chi connectivity index (χ3v) is 6.29. The van der Waals surface area contributed by atoms with Crippen LogP contribution in [-0.2, 0) is 5.75 Å². The molecule has 0 spiro atoms. The Labute approximate surface area is 204 Å². The SMILES string of the molecule is Cc1ccc(SCc2c(C(=O)N/N=C/c3cccc4ccccc34)nnn2-c2nonc2N)cc1. The Bertz CT molecular complexity index is 1520. The molecule has 0 aliphatic carbocycles. The van der Waals surface area contributed by atoms with Crippen LogP contribution in [0.4, 0.5) is 5.82 Å². The summed E-state index contributed by atoms with van der Waals surface area (Å²) in [6.07, 6.45) is 1.60. The predicted molar refractivity (Wildman–Crippen MR) is 133 cm³/mol. The van der Waals surface area contributed by atoms with Gasteiger partial charge in [-0.05, 0) is 40.1 Å². The molecule has 2 aromatic heterocycles. The highest BCUT2D eigenvalue weighted by Gasteiger charge is 2.24. The Morgan fingerprint density at radius 3 is 2.71 bits per heavy atom. The summed E-state index contributed by atoms with van der Waals surface area (Å²) < 4.78 is 6.06. The second-order valence-corrected chi connectivity index (χ2v) is 8.69. The predicted octanol–water partition coefficient (Wildman–Crippen LogP) is 3.75. The highest BCUT2D eigenvalue weighted by atomic mass is 32.2. The maximum atomic E-state index is 13.0. The zero-order valence-corrected chi connectivity index (χ0v) is 19.4. The number of aryl methyl sites for hydroxylation is 1. The van der Waals surface area contributed by atoms with Gasteiger partial charge in [-0.2, -0.15) is 9.78 Å². The lowest BCUT2D eigenvalue weighted by molar-refractivity contribution is 0.0949. The van der Waals surface area contributed by atoms with Gasteiger partial charge in [-0.3, -0.25) is 4.79 Å². The zero-order chi connectivity index (χ0) is 24.2. The van der Waals surface area contributed by atoms with Crippen molar-refractivity contribution < 1.29 is 9.42 Å². The molecule has 35 heavy (non-hydrogen) atoms. The maximum Gasteiger partial charge on any atom is 0.293 e. The number of nitrogens with zero attached hydrogens (tertiary/aromatic N) is 6. The summed E-state index contributed by atoms with van der Waals surface area (Å²) in [4.78, 5) is 14.0. The first-order valence-electron chi connectivity index (χ1n) is 10.6. The molecule has 3 N–H and O–H groups in total. The summed E-state index contributed by atoms with van der Waals surface area (Å²) in [5.74, 6) is 0.0630. The van der Waals surface area contributed by atoms with Gasteiger partial charge in [-0.25, -0.2) is 10.1 Å². The van der Waals surface area contributed by atoms with Crippen molar-refractivity contribution in [1.29, 1.82) is 0 Å². The van der Waals surface area contributed by atoms with E-state index in [2.05, 4.69) is 31.2 Å². The summed E-state index contributed by atoms with van der Waals surface area (Å²) in [5, 5.41) is 21.8. The first-order chi connectivity index (χ1) is 17.1. The van der Waals surface area contributed by atoms with Crippen molar-refractivity contribution in [3.8, 4) is 5.82 Å². The lowest BCUT2D eigenvalue weighted by atomic mass is 10.1. The van der Waals surface area contributed by atoms with E-state index >= 15 is 0 Å². The fraction of sp³-hybridized carbons (Fsp3) is 0.0833. The molecule has 0 fully saturated rings. The number of nitrogens with one attached hydrogen (secondary N) is 1. The molecule has 0 bridgehead atoms. The molecule has 0 unspecified atom stereocenters. The van der Waals surface area contributed by atoms with Gasteiger partial charge in [0.2, 0.25) is 11.6 Å². The standard InChI is InChI=1S/C24H20N8O2S/c1-15-9-11-18(12-10-15)35-14-20-21(27-31-32(20)23-22(25)29-34-30-23)24(33)28-26-13-17-7-4-6-16-5-2-3-8-19(16)17/h2-13H,14H2,1H3,(H2,25,29)(H,28,33)/b26-13+. The van der Waals surface area contributed by atoms with E-state index in [1.807, 2.05) is 73.7 Å². The van der Waals surface area contributed by atoms with Crippen molar-refractivity contribution >= 4 is 40.5 Å². The molecule has 2 heterocycles. The van der Waals surface area contributed by atoms with E-state index < -0.39 is 5.91 Å². The first-order valence-corrected chi connectivity index (χ1v) is 11.6. The minimum atomic E-state index is -0.512. The number of anilines is 1. The maximum absolute atomic E-state index is 13.0. The quantitative estimate of drug-likeness (QED) is 0.202. The van der Waals surface area contributed by atoms with E-state index in [-0.39, 0.29) is 17.3 Å². The molecule has 0 saturated carbocycles. The molecule has 0 aliphatic heterocycles. The van der Waals surface area contributed by atoms with Crippen LogP contribution < -0.4 is 11.2 Å². The van der Waals surface area contributed by atoms with E-state index in [4.69, 9.17) is 10.4 Å². The van der Waals surface area contributed by atoms with Crippen molar-refractivity contribution in [2.24, 2.45) is 5.10 Å². The molecule has 5 aromatic rings. The van der Waals surface area contributed by atoms with Crippen molar-refractivity contribution in [3.63, 3.8) is 0 Å². The topological polar surface area (TPSA) is 137 Å². The number of nitrogens with two attached hydrogens (primary N) is 1. The Morgan fingerprint density at radius 2 is 1.91 bits per heavy atom. The normalized spacial score (nSPS) is 11.3. The molecule has 10 nitrogen and oxygen atoms in total. The van der Waals surface area contributed by atoms with Crippen molar-refractivity contribution in [2.45, 2.75) is 17.6 Å². The number of carbonyl (C=O) groups excluding carboxylic acids is 1. The number of benzene rings is 3. The highest BCUT2D eigenvalue weighted by molar-refractivity contribution is 7.98. The molecule has 5 rings (SSSR count). The van der Waals surface area contributed by atoms with Crippen molar-refractivity contribution in [1.82, 2.24) is 30.7 Å². The van der Waals surface area contributed by atoms with E-state index in [1.165, 1.54) is 16.4 Å². The summed E-state index contributed by atoms with van der Waals surface area (Å²) in [6.45, 7) is 2.02. The van der Waals surface area contributed by atoms with Crippen LogP contribution >= 0.6 is 11.8 Å². The van der Waals surface area contributed by atoms with Gasteiger partial charge in [0, 0.05) is 16.2 Å². The largest absolute Gasteiger partial charge is 0.378 e. The Morgan fingerprint density at radius 1 is 1.11 bits per heavy atom. The number of hydrogen-bond donors (Lipinski definition) is 2. The second-order valence-electron chi connectivity index (χ2n) is 7.64. The van der Waals surface area contributed by atoms with E-state index in [1.54, 1.807) is 6.21 Å². The van der Waals surface area contributed by atoms with Gasteiger partial charge < -0.3 is 5.73 Å². The molecule has 174 valence electrons. The summed E-state index contributed by atoms with van der Waals surface area (Å²) in [7, 11) is 0. The first kappa shape index (κ1) is 22.3. The molecule has 11 heteroatoms. The van der Waals surface area contributed by atoms with Crippen molar-refractivity contribution in [3.05, 3.63) is 89.2 Å². The lowest BCUT2D eigenvalue weighted by Crippen LogP contribution is -2.20. The fourth-order valence-electron chi connectivity index (χ4n) is 3.48. The van der Waals surface area contributed by atoms with Crippen LogP contribution in [0.2, 0.25) is 0 Å². The third kappa shape index (κ3) is 4.75. The smallest absolute Gasteiger partial charge is 0.293 e. The number of aromatic nitrogens is 5. The molecule has 3 aromatic carbocycles. The van der Waals surface area contributed by atoms with E-state index in [9.17, 15) is 4.79 Å². The number of hydrogen-bond acceptors (Lipinski definition) is 9. The minimum Gasteiger partial charge on any atom is -0.378 e. The summed E-state index contributed by atoms with van der Waals surface area (Å²) in [6, 6.07) is 21.9. The second kappa shape index (κ2) is 9.77. The Balaban J connectivity index is 1.40. The molecule has 0 saturated heterocycles. The number of thioether (sulfide) groups is 1. The number of fused-ring (bicyclic) bond motifs is 1. The number of nitrogen functional groups attached to an aromatic ring is 1. The van der Waals surface area contributed by atoms with E-state index in [0.717, 1.165) is 26.8 Å². The average Bonchev–Trinajstić information content (AvgIpc) is 3.49. The lowest BCUT2D eigenvalue weighted by Gasteiger charge is -2.06. The van der Waals surface area contributed by atoms with Crippen LogP contribution in [-0.4, -0.2) is 37.4 Å². The number of carbonyl (C=O) groups is 1. The number of amides is 1. The number of hydrazone groups is 1. The van der Waals surface area contributed by atoms with Crippen LogP contribution in [0.5, 0.6) is 0 Å². The van der Waals surface area contributed by atoms with Gasteiger partial charge in [0.15, 0.2) is 5.69 Å². The Kier molecular flexibility index (Phi) is 6.22. The summed E-state index contributed by atoms with van der Waals surface area (Å²) >= 11 is 1.52. The molecule has 0 aliphatic rings. The molecule has 1 amide bonds. The van der Waals surface area contributed by atoms with E-state index in [0.29, 0.717) is 11.4 Å². The van der Waals surface area contributed by atoms with Gasteiger partial charge in [0.05, 0.1) is 11.9 Å². The highest BCUT2D eigenvalue weighted by Crippen LogP contribution is 2.26. The van der Waals surface area contributed by atoms with Crippen LogP contribution in [0.3, 0.4) is 0 Å². The zero-order valence-electron chi connectivity index (χ0n) is 18.6. The molecular formula is C24H20N8O2S. The monoisotopic (exact) mass is 484 g/mol. The third-order valence-electron chi connectivity index (χ3n) is 5.26. The van der Waals surface area contributed by atoms with Crippen LogP contribution in [0.15, 0.2) is 81.4 Å². The molecule has 0 atom stereocenters. The number of rotatable bonds is 7. The van der Waals surface area contributed by atoms with Gasteiger partial charge in [-0.1, -0.05) is 65.4 Å². The van der Waals surface area contributed by atoms with Gasteiger partial charge in [0.1, 0.15) is 0 Å².